The average molecular weight is 769 g/mol. The fraction of sp³-hybridized carbons (Fsp3) is 0.400. The molecule has 2 N–H and O–H groups in total. The summed E-state index contributed by atoms with van der Waals surface area (Å²) in [7, 11) is 9.68. The third-order valence-electron chi connectivity index (χ3n) is 9.70. The number of ether oxygens (including phenoxy) is 8. The number of hydrogen-bond acceptors (Lipinski definition) is 10. The Hall–Kier alpha value is -5.71. The lowest BCUT2D eigenvalue weighted by molar-refractivity contribution is 0.0935. The molecule has 0 spiro atoms. The van der Waals surface area contributed by atoms with Crippen LogP contribution >= 0.6 is 0 Å². The van der Waals surface area contributed by atoms with Crippen molar-refractivity contribution in [2.45, 2.75) is 64.5 Å². The van der Waals surface area contributed by atoms with Gasteiger partial charge in [-0.1, -0.05) is 68.4 Å². The number of benzene rings is 4. The molecule has 1 atom stereocenters. The summed E-state index contributed by atoms with van der Waals surface area (Å²) in [6, 6.07) is 19.3. The van der Waals surface area contributed by atoms with E-state index in [1.165, 1.54) is 19.3 Å². The predicted molar refractivity (Wildman–Crippen MR) is 221 cm³/mol. The summed E-state index contributed by atoms with van der Waals surface area (Å²) in [5, 5.41) is 6.45. The first-order valence-corrected chi connectivity index (χ1v) is 19.2. The predicted octanol–water partition coefficient (Wildman–Crippen LogP) is 9.65. The monoisotopic (exact) mass is 768 g/mol. The van der Waals surface area contributed by atoms with Gasteiger partial charge in [0, 0.05) is 5.69 Å². The topological polar surface area (TPSA) is 115 Å². The smallest absolute Gasteiger partial charge is 0.255 e. The van der Waals surface area contributed by atoms with E-state index in [9.17, 15) is 4.79 Å². The van der Waals surface area contributed by atoms with Gasteiger partial charge >= 0.3 is 0 Å². The summed E-state index contributed by atoms with van der Waals surface area (Å²) < 4.78 is 45.7. The van der Waals surface area contributed by atoms with Gasteiger partial charge in [-0.2, -0.15) is 0 Å². The molecule has 0 bridgehead atoms. The number of unbranched alkanes of at least 4 members (excludes halogenated alkanes) is 7. The Morgan fingerprint density at radius 2 is 1.04 bits per heavy atom. The van der Waals surface area contributed by atoms with Crippen molar-refractivity contribution < 1.29 is 42.7 Å². The SMILES string of the molecule is COc1cc(C2NC(=O)c3cc(C)ccc3N2)ccc1OCCCCCCCCCCOc1c(OC)cc(/C=C/c2cc(OC)c(OC)c(OC)c2)cc1OC. The van der Waals surface area contributed by atoms with Gasteiger partial charge in [0.15, 0.2) is 34.5 Å². The van der Waals surface area contributed by atoms with Gasteiger partial charge < -0.3 is 48.5 Å². The van der Waals surface area contributed by atoms with Crippen LogP contribution in [0.15, 0.2) is 60.7 Å². The fourth-order valence-corrected chi connectivity index (χ4v) is 6.67. The highest BCUT2D eigenvalue weighted by Crippen LogP contribution is 2.41. The van der Waals surface area contributed by atoms with Crippen molar-refractivity contribution in [3.63, 3.8) is 0 Å². The molecule has 300 valence electrons. The molecule has 0 saturated carbocycles. The van der Waals surface area contributed by atoms with Crippen molar-refractivity contribution in [1.82, 2.24) is 5.32 Å². The number of rotatable bonds is 22. The van der Waals surface area contributed by atoms with Crippen LogP contribution in [0.5, 0.6) is 46.0 Å². The summed E-state index contributed by atoms with van der Waals surface area (Å²) in [6.07, 6.45) is 12.4. The molecule has 56 heavy (non-hydrogen) atoms. The number of carbonyl (C=O) groups excluding carboxylic acids is 1. The Morgan fingerprint density at radius 1 is 0.518 bits per heavy atom. The van der Waals surface area contributed by atoms with Crippen LogP contribution in [0.25, 0.3) is 12.2 Å². The number of nitrogens with one attached hydrogen (secondary N) is 2. The molecule has 11 heteroatoms. The quantitative estimate of drug-likeness (QED) is 0.0592. The van der Waals surface area contributed by atoms with Crippen LogP contribution in [-0.4, -0.2) is 61.8 Å². The van der Waals surface area contributed by atoms with Crippen molar-refractivity contribution in [2.24, 2.45) is 0 Å². The summed E-state index contributed by atoms with van der Waals surface area (Å²) in [5.41, 5.74) is 5.20. The molecule has 1 aliphatic heterocycles. The first-order valence-electron chi connectivity index (χ1n) is 19.2. The molecule has 0 radical (unpaired) electrons. The Kier molecular flexibility index (Phi) is 15.4. The molecule has 0 aromatic heterocycles. The second-order valence-corrected chi connectivity index (χ2v) is 13.6. The first-order chi connectivity index (χ1) is 27.3. The standard InChI is InChI=1S/C45H56N2O9/c1-30-16-20-35-34(24-30)45(48)47-44(46-35)33-19-21-36(37(29-33)49-2)55-22-14-12-10-8-9-11-13-15-23-56-43-40(52-5)27-32(28-41(43)53-6)18-17-31-25-38(50-3)42(54-7)39(26-31)51-4/h16-21,24-29,44,46H,8-15,22-23H2,1-7H3,(H,47,48)/b18-17+. The van der Waals surface area contributed by atoms with E-state index in [1.54, 1.807) is 42.7 Å². The Labute approximate surface area is 331 Å². The minimum atomic E-state index is -0.351. The fourth-order valence-electron chi connectivity index (χ4n) is 6.67. The van der Waals surface area contributed by atoms with Crippen molar-refractivity contribution >= 4 is 23.7 Å². The molecule has 0 saturated heterocycles. The highest BCUT2D eigenvalue weighted by molar-refractivity contribution is 6.02. The molecule has 0 fully saturated rings. The summed E-state index contributed by atoms with van der Waals surface area (Å²) in [6.45, 7) is 3.17. The number of methoxy groups -OCH3 is 6. The van der Waals surface area contributed by atoms with E-state index in [0.29, 0.717) is 64.8 Å². The maximum absolute atomic E-state index is 12.7. The lowest BCUT2D eigenvalue weighted by Crippen LogP contribution is -2.38. The van der Waals surface area contributed by atoms with Gasteiger partial charge in [-0.25, -0.2) is 0 Å². The zero-order chi connectivity index (χ0) is 39.9. The molecule has 11 nitrogen and oxygen atoms in total. The molecule has 5 rings (SSSR count). The third kappa shape index (κ3) is 10.7. The van der Waals surface area contributed by atoms with Gasteiger partial charge in [0.1, 0.15) is 6.17 Å². The first kappa shape index (κ1) is 41.5. The van der Waals surface area contributed by atoms with E-state index < -0.39 is 0 Å². The summed E-state index contributed by atoms with van der Waals surface area (Å²) in [4.78, 5) is 12.7. The van der Waals surface area contributed by atoms with Crippen LogP contribution < -0.4 is 48.5 Å². The summed E-state index contributed by atoms with van der Waals surface area (Å²) >= 11 is 0. The Morgan fingerprint density at radius 3 is 1.57 bits per heavy atom. The molecular weight excluding hydrogens is 713 g/mol. The van der Waals surface area contributed by atoms with E-state index in [1.807, 2.05) is 79.7 Å². The number of carbonyl (C=O) groups is 1. The molecule has 4 aromatic carbocycles. The third-order valence-corrected chi connectivity index (χ3v) is 9.70. The molecule has 1 aliphatic rings. The van der Waals surface area contributed by atoms with Gasteiger partial charge in [-0.15, -0.1) is 0 Å². The van der Waals surface area contributed by atoms with Crippen molar-refractivity contribution in [3.05, 3.63) is 88.5 Å². The lowest BCUT2D eigenvalue weighted by atomic mass is 10.0. The molecule has 1 amide bonds. The van der Waals surface area contributed by atoms with E-state index in [0.717, 1.165) is 60.0 Å². The van der Waals surface area contributed by atoms with Crippen LogP contribution in [0.1, 0.15) is 90.1 Å². The van der Waals surface area contributed by atoms with Crippen LogP contribution in [0.2, 0.25) is 0 Å². The van der Waals surface area contributed by atoms with E-state index in [2.05, 4.69) is 10.6 Å². The second-order valence-electron chi connectivity index (χ2n) is 13.6. The molecular formula is C45H56N2O9. The highest BCUT2D eigenvalue weighted by Gasteiger charge is 2.25. The van der Waals surface area contributed by atoms with Crippen molar-refractivity contribution in [2.75, 3.05) is 61.2 Å². The van der Waals surface area contributed by atoms with Gasteiger partial charge in [0.2, 0.25) is 11.5 Å². The minimum Gasteiger partial charge on any atom is -0.493 e. The zero-order valence-electron chi connectivity index (χ0n) is 33.8. The van der Waals surface area contributed by atoms with Gasteiger partial charge in [-0.3, -0.25) is 4.79 Å². The Balaban J connectivity index is 0.983. The highest BCUT2D eigenvalue weighted by atomic mass is 16.5. The van der Waals surface area contributed by atoms with Crippen LogP contribution in [-0.2, 0) is 0 Å². The van der Waals surface area contributed by atoms with E-state index in [4.69, 9.17) is 37.9 Å². The molecule has 1 unspecified atom stereocenters. The number of anilines is 1. The van der Waals surface area contributed by atoms with Crippen molar-refractivity contribution in [3.8, 4) is 46.0 Å². The van der Waals surface area contributed by atoms with Gasteiger partial charge in [0.05, 0.1) is 61.4 Å². The molecule has 4 aromatic rings. The zero-order valence-corrected chi connectivity index (χ0v) is 33.8. The van der Waals surface area contributed by atoms with E-state index >= 15 is 0 Å². The normalized spacial score (nSPS) is 13.3. The number of amides is 1. The van der Waals surface area contributed by atoms with Gasteiger partial charge in [0.25, 0.3) is 5.91 Å². The second kappa shape index (κ2) is 20.8. The lowest BCUT2D eigenvalue weighted by Gasteiger charge is -2.28. The maximum atomic E-state index is 12.7. The number of fused-ring (bicyclic) bond motifs is 1. The van der Waals surface area contributed by atoms with Crippen molar-refractivity contribution in [1.29, 1.82) is 0 Å². The number of hydrogen-bond donors (Lipinski definition) is 2. The van der Waals surface area contributed by atoms with Gasteiger partial charge in [-0.05, 0) is 85.0 Å². The minimum absolute atomic E-state index is 0.0960. The maximum Gasteiger partial charge on any atom is 0.255 e. The summed E-state index contributed by atoms with van der Waals surface area (Å²) in [5.74, 6) is 4.80. The Bertz CT molecular complexity index is 1890. The van der Waals surface area contributed by atoms with Crippen LogP contribution in [0, 0.1) is 6.92 Å². The van der Waals surface area contributed by atoms with E-state index in [-0.39, 0.29) is 12.1 Å². The molecule has 0 aliphatic carbocycles. The van der Waals surface area contributed by atoms with Crippen LogP contribution in [0.4, 0.5) is 5.69 Å². The van der Waals surface area contributed by atoms with Crippen LogP contribution in [0.3, 0.4) is 0 Å². The largest absolute Gasteiger partial charge is 0.493 e. The molecule has 1 heterocycles. The number of aryl methyl sites for hydroxylation is 1. The average Bonchev–Trinajstić information content (AvgIpc) is 3.22.